The molecule has 0 aliphatic rings. The highest BCUT2D eigenvalue weighted by Gasteiger charge is 2.21. The second-order valence-electron chi connectivity index (χ2n) is 5.78. The number of rotatable bonds is 4. The Morgan fingerprint density at radius 1 is 1.40 bits per heavy atom. The molecule has 0 bridgehead atoms. The summed E-state index contributed by atoms with van der Waals surface area (Å²) in [4.78, 5) is 6.34. The fourth-order valence-electron chi connectivity index (χ4n) is 1.87. The lowest BCUT2D eigenvalue weighted by Gasteiger charge is -2.33. The second kappa shape index (κ2) is 5.25. The zero-order valence-electron chi connectivity index (χ0n) is 12.4. The molecule has 0 amide bonds. The molecule has 1 heterocycles. The van der Waals surface area contributed by atoms with Gasteiger partial charge in [0, 0.05) is 29.4 Å². The monoisotopic (exact) mass is 276 g/mol. The van der Waals surface area contributed by atoms with Gasteiger partial charge < -0.3 is 16.0 Å². The molecule has 0 saturated carbocycles. The van der Waals surface area contributed by atoms with Gasteiger partial charge in [-0.3, -0.25) is 4.98 Å². The number of nitrogens with two attached hydrogens (primary N) is 1. The first-order valence-electron chi connectivity index (χ1n) is 6.57. The summed E-state index contributed by atoms with van der Waals surface area (Å²) in [5.74, 6) is -0.372. The van der Waals surface area contributed by atoms with Gasteiger partial charge in [-0.25, -0.2) is 4.39 Å². The molecule has 0 spiro atoms. The van der Waals surface area contributed by atoms with E-state index >= 15 is 0 Å². The summed E-state index contributed by atoms with van der Waals surface area (Å²) in [7, 11) is 3.99. The molecule has 0 saturated heterocycles. The van der Waals surface area contributed by atoms with Gasteiger partial charge in [0.2, 0.25) is 0 Å². The van der Waals surface area contributed by atoms with E-state index in [1.54, 1.807) is 12.3 Å². The molecule has 0 fully saturated rings. The van der Waals surface area contributed by atoms with Crippen LogP contribution in [0.4, 0.5) is 15.8 Å². The Bertz CT molecular complexity index is 623. The van der Waals surface area contributed by atoms with E-state index in [4.69, 9.17) is 5.73 Å². The zero-order valence-corrected chi connectivity index (χ0v) is 12.4. The number of nitrogens with zero attached hydrogens (tertiary/aromatic N) is 2. The quantitative estimate of drug-likeness (QED) is 0.843. The minimum absolute atomic E-state index is 0.102. The van der Waals surface area contributed by atoms with E-state index in [0.29, 0.717) is 23.4 Å². The van der Waals surface area contributed by atoms with Crippen LogP contribution in [0.25, 0.3) is 10.9 Å². The van der Waals surface area contributed by atoms with Crippen molar-refractivity contribution in [2.45, 2.75) is 19.4 Å². The molecule has 0 aliphatic carbocycles. The first kappa shape index (κ1) is 14.5. The molecule has 1 aromatic carbocycles. The topological polar surface area (TPSA) is 54.2 Å². The number of benzene rings is 1. The fraction of sp³-hybridized carbons (Fsp3) is 0.400. The molecule has 20 heavy (non-hydrogen) atoms. The normalized spacial score (nSPS) is 12.1. The van der Waals surface area contributed by atoms with Crippen molar-refractivity contribution >= 4 is 22.3 Å². The molecule has 2 aromatic rings. The van der Waals surface area contributed by atoms with Crippen LogP contribution >= 0.6 is 0 Å². The van der Waals surface area contributed by atoms with Crippen LogP contribution in [-0.4, -0.2) is 36.1 Å². The van der Waals surface area contributed by atoms with E-state index in [-0.39, 0.29) is 11.4 Å². The van der Waals surface area contributed by atoms with Crippen LogP contribution in [-0.2, 0) is 0 Å². The number of anilines is 2. The predicted octanol–water partition coefficient (Wildman–Crippen LogP) is 2.71. The Morgan fingerprint density at radius 2 is 2.10 bits per heavy atom. The molecule has 3 N–H and O–H groups in total. The molecular weight excluding hydrogens is 255 g/mol. The van der Waals surface area contributed by atoms with Crippen molar-refractivity contribution in [3.63, 3.8) is 0 Å². The zero-order chi connectivity index (χ0) is 14.9. The number of fused-ring (bicyclic) bond motifs is 1. The third-order valence-electron chi connectivity index (χ3n) is 3.79. The third-order valence-corrected chi connectivity index (χ3v) is 3.79. The van der Waals surface area contributed by atoms with Gasteiger partial charge in [-0.05, 0) is 46.1 Å². The number of nitrogens with one attached hydrogen (secondary N) is 1. The van der Waals surface area contributed by atoms with E-state index in [1.807, 2.05) is 20.2 Å². The molecular formula is C15H21FN4. The van der Waals surface area contributed by atoms with Crippen LogP contribution in [0, 0.1) is 5.82 Å². The average Bonchev–Trinajstić information content (AvgIpc) is 2.38. The van der Waals surface area contributed by atoms with E-state index in [0.717, 1.165) is 5.39 Å². The van der Waals surface area contributed by atoms with Crippen LogP contribution < -0.4 is 11.1 Å². The van der Waals surface area contributed by atoms with Crippen molar-refractivity contribution in [1.82, 2.24) is 9.88 Å². The number of halogens is 1. The molecule has 0 radical (unpaired) electrons. The summed E-state index contributed by atoms with van der Waals surface area (Å²) < 4.78 is 14.2. The maximum absolute atomic E-state index is 14.2. The molecule has 108 valence electrons. The van der Waals surface area contributed by atoms with Crippen molar-refractivity contribution in [3.8, 4) is 0 Å². The van der Waals surface area contributed by atoms with Crippen molar-refractivity contribution in [1.29, 1.82) is 0 Å². The summed E-state index contributed by atoms with van der Waals surface area (Å²) in [6.07, 6.45) is 1.64. The van der Waals surface area contributed by atoms with Crippen LogP contribution in [0.2, 0.25) is 0 Å². The van der Waals surface area contributed by atoms with E-state index in [1.165, 1.54) is 6.07 Å². The molecule has 0 aliphatic heterocycles. The maximum atomic E-state index is 14.2. The number of hydrogen-bond donors (Lipinski definition) is 2. The van der Waals surface area contributed by atoms with Gasteiger partial charge >= 0.3 is 0 Å². The lowest BCUT2D eigenvalue weighted by molar-refractivity contribution is 0.210. The Labute approximate surface area is 118 Å². The minimum atomic E-state index is -0.372. The minimum Gasteiger partial charge on any atom is -0.398 e. The lowest BCUT2D eigenvalue weighted by Crippen LogP contribution is -2.44. The highest BCUT2D eigenvalue weighted by Crippen LogP contribution is 2.30. The van der Waals surface area contributed by atoms with Crippen molar-refractivity contribution in [2.75, 3.05) is 31.7 Å². The van der Waals surface area contributed by atoms with Gasteiger partial charge in [0.05, 0.1) is 11.2 Å². The van der Waals surface area contributed by atoms with Crippen LogP contribution in [0.1, 0.15) is 13.8 Å². The molecule has 4 nitrogen and oxygen atoms in total. The fourth-order valence-corrected chi connectivity index (χ4v) is 1.87. The van der Waals surface area contributed by atoms with Crippen LogP contribution in [0.15, 0.2) is 24.4 Å². The number of nitrogen functional groups attached to an aromatic ring is 1. The number of aromatic nitrogens is 1. The lowest BCUT2D eigenvalue weighted by atomic mass is 10.0. The Hall–Kier alpha value is -1.88. The Morgan fingerprint density at radius 3 is 2.75 bits per heavy atom. The molecule has 0 atom stereocenters. The molecule has 5 heteroatoms. The molecule has 1 aromatic heterocycles. The molecule has 0 unspecified atom stereocenters. The summed E-state index contributed by atoms with van der Waals surface area (Å²) in [5.41, 5.74) is 7.12. The van der Waals surface area contributed by atoms with Gasteiger partial charge in [-0.1, -0.05) is 0 Å². The summed E-state index contributed by atoms with van der Waals surface area (Å²) >= 11 is 0. The summed E-state index contributed by atoms with van der Waals surface area (Å²) in [5, 5.41) is 3.93. The highest BCUT2D eigenvalue weighted by molar-refractivity contribution is 5.98. The standard InChI is InChI=1S/C15H21FN4/c1-15(2,20(3)4)9-19-14-11(16)8-12(17)10-6-5-7-18-13(10)14/h5-8,19H,9,17H2,1-4H3. The van der Waals surface area contributed by atoms with Crippen molar-refractivity contribution < 1.29 is 4.39 Å². The molecule has 2 rings (SSSR count). The largest absolute Gasteiger partial charge is 0.398 e. The van der Waals surface area contributed by atoms with Crippen molar-refractivity contribution in [2.24, 2.45) is 0 Å². The SMILES string of the molecule is CN(C)C(C)(C)CNc1c(F)cc(N)c2cccnc12. The van der Waals surface area contributed by atoms with Crippen molar-refractivity contribution in [3.05, 3.63) is 30.2 Å². The first-order valence-corrected chi connectivity index (χ1v) is 6.57. The highest BCUT2D eigenvalue weighted by atomic mass is 19.1. The maximum Gasteiger partial charge on any atom is 0.150 e. The van der Waals surface area contributed by atoms with Crippen LogP contribution in [0.5, 0.6) is 0 Å². The number of hydrogen-bond acceptors (Lipinski definition) is 4. The van der Waals surface area contributed by atoms with E-state index < -0.39 is 0 Å². The number of pyridine rings is 1. The first-order chi connectivity index (χ1) is 9.33. The van der Waals surface area contributed by atoms with Gasteiger partial charge in [0.1, 0.15) is 0 Å². The van der Waals surface area contributed by atoms with E-state index in [9.17, 15) is 4.39 Å². The summed E-state index contributed by atoms with van der Waals surface area (Å²) in [6, 6.07) is 4.98. The Balaban J connectivity index is 2.40. The van der Waals surface area contributed by atoms with Gasteiger partial charge in [0.15, 0.2) is 5.82 Å². The summed E-state index contributed by atoms with van der Waals surface area (Å²) in [6.45, 7) is 4.78. The number of likely N-dealkylation sites (N-methyl/N-ethyl adjacent to an activating group) is 1. The van der Waals surface area contributed by atoms with Crippen LogP contribution in [0.3, 0.4) is 0 Å². The predicted molar refractivity (Wildman–Crippen MR) is 82.4 cm³/mol. The smallest absolute Gasteiger partial charge is 0.150 e. The van der Waals surface area contributed by atoms with E-state index in [2.05, 4.69) is 29.0 Å². The second-order valence-corrected chi connectivity index (χ2v) is 5.78. The Kier molecular flexibility index (Phi) is 3.81. The van der Waals surface area contributed by atoms with Gasteiger partial charge in [-0.15, -0.1) is 0 Å². The van der Waals surface area contributed by atoms with Gasteiger partial charge in [0.25, 0.3) is 0 Å². The van der Waals surface area contributed by atoms with Gasteiger partial charge in [-0.2, -0.15) is 0 Å². The average molecular weight is 276 g/mol. The third kappa shape index (κ3) is 2.67.